The first-order valence-corrected chi connectivity index (χ1v) is 8.06. The molecule has 0 unspecified atom stereocenters. The first-order valence-electron chi connectivity index (χ1n) is 8.06. The lowest BCUT2D eigenvalue weighted by atomic mass is 9.79. The Morgan fingerprint density at radius 3 is 2.36 bits per heavy atom. The first kappa shape index (κ1) is 15.8. The van der Waals surface area contributed by atoms with E-state index in [1.54, 1.807) is 12.1 Å². The van der Waals surface area contributed by atoms with Gasteiger partial charge in [-0.15, -0.1) is 0 Å². The van der Waals surface area contributed by atoms with Crippen molar-refractivity contribution >= 4 is 12.6 Å². The molecule has 0 aromatic heterocycles. The zero-order valence-corrected chi connectivity index (χ0v) is 13.8. The fourth-order valence-corrected chi connectivity index (χ4v) is 2.62. The summed E-state index contributed by atoms with van der Waals surface area (Å²) >= 11 is 0. The summed E-state index contributed by atoms with van der Waals surface area (Å²) in [6.07, 6.45) is 3.61. The molecule has 0 amide bonds. The van der Waals surface area contributed by atoms with Crippen molar-refractivity contribution in [3.8, 4) is 5.75 Å². The Bertz CT molecular complexity index is 539. The third-order valence-electron chi connectivity index (χ3n) is 5.18. The van der Waals surface area contributed by atoms with Gasteiger partial charge in [-0.3, -0.25) is 0 Å². The Hall–Kier alpha value is -1.07. The maximum absolute atomic E-state index is 13.9. The molecule has 1 heterocycles. The zero-order valence-electron chi connectivity index (χ0n) is 13.8. The number of ether oxygens (including phenoxy) is 1. The number of rotatable bonds is 4. The van der Waals surface area contributed by atoms with Gasteiger partial charge in [0.25, 0.3) is 0 Å². The Morgan fingerprint density at radius 1 is 1.18 bits per heavy atom. The molecule has 2 aliphatic rings. The van der Waals surface area contributed by atoms with Gasteiger partial charge in [-0.05, 0) is 64.1 Å². The summed E-state index contributed by atoms with van der Waals surface area (Å²) in [6.45, 7) is 8.61. The second-order valence-corrected chi connectivity index (χ2v) is 7.39. The zero-order chi connectivity index (χ0) is 16.0. The van der Waals surface area contributed by atoms with E-state index in [1.165, 1.54) is 25.3 Å². The van der Waals surface area contributed by atoms with Crippen LogP contribution in [0, 0.1) is 11.7 Å². The Labute approximate surface area is 132 Å². The summed E-state index contributed by atoms with van der Waals surface area (Å²) < 4.78 is 31.6. The van der Waals surface area contributed by atoms with Crippen LogP contribution in [0.3, 0.4) is 0 Å². The number of hydrogen-bond acceptors (Lipinski definition) is 3. The predicted molar refractivity (Wildman–Crippen MR) is 85.0 cm³/mol. The van der Waals surface area contributed by atoms with Crippen LogP contribution in [0.15, 0.2) is 18.2 Å². The quantitative estimate of drug-likeness (QED) is 0.799. The van der Waals surface area contributed by atoms with Crippen molar-refractivity contribution in [2.24, 2.45) is 5.92 Å². The van der Waals surface area contributed by atoms with Gasteiger partial charge in [-0.2, -0.15) is 0 Å². The molecule has 5 heteroatoms. The van der Waals surface area contributed by atoms with Gasteiger partial charge in [0.05, 0.1) is 17.8 Å². The maximum Gasteiger partial charge on any atom is 0.494 e. The van der Waals surface area contributed by atoms with Gasteiger partial charge in [0.15, 0.2) is 11.6 Å². The molecular weight excluding hydrogens is 282 g/mol. The molecule has 1 saturated heterocycles. The van der Waals surface area contributed by atoms with Crippen molar-refractivity contribution in [1.29, 1.82) is 0 Å². The third kappa shape index (κ3) is 2.89. The normalized spacial score (nSPS) is 23.4. The van der Waals surface area contributed by atoms with Crippen LogP contribution in [-0.4, -0.2) is 24.9 Å². The molecule has 1 aromatic carbocycles. The molecule has 2 fully saturated rings. The molecule has 0 N–H and O–H groups in total. The highest BCUT2D eigenvalue weighted by molar-refractivity contribution is 6.62. The average molecular weight is 306 g/mol. The van der Waals surface area contributed by atoms with E-state index in [9.17, 15) is 4.39 Å². The largest absolute Gasteiger partial charge is 0.494 e. The average Bonchev–Trinajstić information content (AvgIpc) is 2.59. The van der Waals surface area contributed by atoms with Gasteiger partial charge in [0, 0.05) is 0 Å². The summed E-state index contributed by atoms with van der Waals surface area (Å²) in [5.41, 5.74) is -0.0125. The monoisotopic (exact) mass is 306 g/mol. The van der Waals surface area contributed by atoms with Gasteiger partial charge in [0.2, 0.25) is 0 Å². The number of hydrogen-bond donors (Lipinski definition) is 0. The first-order chi connectivity index (χ1) is 10.3. The van der Waals surface area contributed by atoms with E-state index in [1.807, 2.05) is 27.7 Å². The number of benzene rings is 1. The highest BCUT2D eigenvalue weighted by Crippen LogP contribution is 2.36. The van der Waals surface area contributed by atoms with Crippen molar-refractivity contribution in [2.45, 2.75) is 58.2 Å². The Kier molecular flexibility index (Phi) is 3.98. The lowest BCUT2D eigenvalue weighted by molar-refractivity contribution is 0.00578. The summed E-state index contributed by atoms with van der Waals surface area (Å²) in [4.78, 5) is 0. The molecular formula is C17H24BFO3. The Morgan fingerprint density at radius 2 is 1.82 bits per heavy atom. The van der Waals surface area contributed by atoms with E-state index in [4.69, 9.17) is 14.0 Å². The molecule has 1 aromatic rings. The molecule has 0 spiro atoms. The van der Waals surface area contributed by atoms with E-state index in [0.29, 0.717) is 18.3 Å². The van der Waals surface area contributed by atoms with E-state index < -0.39 is 18.3 Å². The van der Waals surface area contributed by atoms with Gasteiger partial charge in [-0.25, -0.2) is 4.39 Å². The minimum atomic E-state index is -0.489. The molecule has 0 atom stereocenters. The number of halogens is 1. The third-order valence-corrected chi connectivity index (χ3v) is 5.18. The van der Waals surface area contributed by atoms with Crippen LogP contribution in [0.2, 0.25) is 0 Å². The minimum Gasteiger partial charge on any atom is -0.490 e. The maximum atomic E-state index is 13.9. The SMILES string of the molecule is CC1(C)OB(c2ccc(F)c(OCC3CCC3)c2)OC1(C)C. The van der Waals surface area contributed by atoms with Crippen molar-refractivity contribution in [2.75, 3.05) is 6.61 Å². The van der Waals surface area contributed by atoms with Gasteiger partial charge in [0.1, 0.15) is 0 Å². The van der Waals surface area contributed by atoms with Crippen LogP contribution < -0.4 is 10.2 Å². The smallest absolute Gasteiger partial charge is 0.490 e. The molecule has 22 heavy (non-hydrogen) atoms. The summed E-state index contributed by atoms with van der Waals surface area (Å²) in [6, 6.07) is 4.83. The van der Waals surface area contributed by atoms with Crippen LogP contribution in [-0.2, 0) is 9.31 Å². The molecule has 1 saturated carbocycles. The molecule has 3 rings (SSSR count). The fourth-order valence-electron chi connectivity index (χ4n) is 2.62. The van der Waals surface area contributed by atoms with Crippen molar-refractivity contribution in [1.82, 2.24) is 0 Å². The van der Waals surface area contributed by atoms with E-state index in [2.05, 4.69) is 0 Å². The summed E-state index contributed by atoms with van der Waals surface area (Å²) in [5.74, 6) is 0.526. The molecule has 1 aliphatic carbocycles. The van der Waals surface area contributed by atoms with Gasteiger partial charge in [-0.1, -0.05) is 12.5 Å². The second-order valence-electron chi connectivity index (χ2n) is 7.39. The topological polar surface area (TPSA) is 27.7 Å². The molecule has 1 aliphatic heterocycles. The summed E-state index contributed by atoms with van der Waals surface area (Å²) in [5, 5.41) is 0. The van der Waals surface area contributed by atoms with Crippen LogP contribution in [0.25, 0.3) is 0 Å². The highest BCUT2D eigenvalue weighted by Gasteiger charge is 2.51. The van der Waals surface area contributed by atoms with Crippen molar-refractivity contribution < 1.29 is 18.4 Å². The highest BCUT2D eigenvalue weighted by atomic mass is 19.1. The van der Waals surface area contributed by atoms with E-state index >= 15 is 0 Å². The molecule has 0 radical (unpaired) electrons. The minimum absolute atomic E-state index is 0.291. The summed E-state index contributed by atoms with van der Waals surface area (Å²) in [7, 11) is -0.489. The predicted octanol–water partition coefficient (Wildman–Crippen LogP) is 3.30. The second kappa shape index (κ2) is 5.53. The Balaban J connectivity index is 1.74. The van der Waals surface area contributed by atoms with E-state index in [0.717, 1.165) is 5.46 Å². The molecule has 120 valence electrons. The van der Waals surface area contributed by atoms with Crippen molar-refractivity contribution in [3.05, 3.63) is 24.0 Å². The fraction of sp³-hybridized carbons (Fsp3) is 0.647. The van der Waals surface area contributed by atoms with Crippen molar-refractivity contribution in [3.63, 3.8) is 0 Å². The lowest BCUT2D eigenvalue weighted by Gasteiger charge is -2.32. The van der Waals surface area contributed by atoms with Gasteiger partial charge >= 0.3 is 7.12 Å². The van der Waals surface area contributed by atoms with Crippen LogP contribution in [0.4, 0.5) is 4.39 Å². The van der Waals surface area contributed by atoms with Crippen LogP contribution >= 0.6 is 0 Å². The lowest BCUT2D eigenvalue weighted by Crippen LogP contribution is -2.41. The van der Waals surface area contributed by atoms with Gasteiger partial charge < -0.3 is 14.0 Å². The molecule has 3 nitrogen and oxygen atoms in total. The van der Waals surface area contributed by atoms with Crippen LogP contribution in [0.5, 0.6) is 5.75 Å². The van der Waals surface area contributed by atoms with E-state index in [-0.39, 0.29) is 5.82 Å². The van der Waals surface area contributed by atoms with Crippen LogP contribution in [0.1, 0.15) is 47.0 Å². The standard InChI is InChI=1S/C17H24BFO3/c1-16(2)17(3,4)22-18(21-16)13-8-9-14(19)15(10-13)20-11-12-6-5-7-12/h8-10,12H,5-7,11H2,1-4H3. The molecule has 0 bridgehead atoms.